The van der Waals surface area contributed by atoms with Crippen molar-refractivity contribution in [2.75, 3.05) is 6.61 Å². The molecule has 0 spiro atoms. The van der Waals surface area contributed by atoms with E-state index in [9.17, 15) is 0 Å². The summed E-state index contributed by atoms with van der Waals surface area (Å²) in [5.74, 6) is -0.397. The standard InChI is InChI=1S/C19H36O2/c1-4-5-6-7-8-9-10-11-12-13-14-15-16-18-17-20-19(2,3)21-18/h15-16,18H,4-14,17H2,1-3H3/b16-15+/t18-/m0/s1. The van der Waals surface area contributed by atoms with E-state index >= 15 is 0 Å². The van der Waals surface area contributed by atoms with Crippen LogP contribution in [0.15, 0.2) is 12.2 Å². The Kier molecular flexibility index (Phi) is 10.0. The van der Waals surface area contributed by atoms with Crippen LogP contribution in [-0.4, -0.2) is 18.5 Å². The number of unbranched alkanes of at least 4 members (excludes halogenated alkanes) is 10. The van der Waals surface area contributed by atoms with Gasteiger partial charge >= 0.3 is 0 Å². The molecule has 124 valence electrons. The normalized spacial score (nSPS) is 21.4. The molecule has 2 nitrogen and oxygen atoms in total. The first-order chi connectivity index (χ1) is 10.1. The zero-order valence-electron chi connectivity index (χ0n) is 14.5. The molecule has 1 rings (SSSR count). The highest BCUT2D eigenvalue weighted by Crippen LogP contribution is 2.23. The average Bonchev–Trinajstić information content (AvgIpc) is 2.79. The summed E-state index contributed by atoms with van der Waals surface area (Å²) in [6.45, 7) is 6.93. The van der Waals surface area contributed by atoms with Crippen LogP contribution in [0.2, 0.25) is 0 Å². The van der Waals surface area contributed by atoms with Crippen LogP contribution in [-0.2, 0) is 9.47 Å². The van der Waals surface area contributed by atoms with E-state index in [1.54, 1.807) is 0 Å². The summed E-state index contributed by atoms with van der Waals surface area (Å²) in [6.07, 6.45) is 19.8. The molecule has 2 heteroatoms. The third-order valence-corrected chi connectivity index (χ3v) is 4.11. The smallest absolute Gasteiger partial charge is 0.163 e. The van der Waals surface area contributed by atoms with E-state index in [1.165, 1.54) is 70.6 Å². The predicted molar refractivity (Wildman–Crippen MR) is 90.5 cm³/mol. The van der Waals surface area contributed by atoms with Crippen molar-refractivity contribution in [2.24, 2.45) is 0 Å². The van der Waals surface area contributed by atoms with Crippen molar-refractivity contribution in [3.8, 4) is 0 Å². The molecule has 0 amide bonds. The van der Waals surface area contributed by atoms with E-state index in [0.717, 1.165) is 0 Å². The zero-order chi connectivity index (χ0) is 15.4. The molecule has 0 aromatic rings. The molecule has 1 atom stereocenters. The monoisotopic (exact) mass is 296 g/mol. The van der Waals surface area contributed by atoms with E-state index < -0.39 is 5.79 Å². The summed E-state index contributed by atoms with van der Waals surface area (Å²) in [6, 6.07) is 0. The van der Waals surface area contributed by atoms with Crippen molar-refractivity contribution >= 4 is 0 Å². The fraction of sp³-hybridized carbons (Fsp3) is 0.895. The van der Waals surface area contributed by atoms with Crippen molar-refractivity contribution in [1.82, 2.24) is 0 Å². The summed E-state index contributed by atoms with van der Waals surface area (Å²) in [5.41, 5.74) is 0. The van der Waals surface area contributed by atoms with Gasteiger partial charge in [0.25, 0.3) is 0 Å². The van der Waals surface area contributed by atoms with Crippen LogP contribution in [0, 0.1) is 0 Å². The summed E-state index contributed by atoms with van der Waals surface area (Å²) in [5, 5.41) is 0. The first-order valence-corrected chi connectivity index (χ1v) is 9.12. The quantitative estimate of drug-likeness (QED) is 0.324. The third kappa shape index (κ3) is 10.1. The Labute approximate surface area is 132 Å². The van der Waals surface area contributed by atoms with Gasteiger partial charge in [-0.3, -0.25) is 0 Å². The van der Waals surface area contributed by atoms with Gasteiger partial charge in [-0.25, -0.2) is 0 Å². The Morgan fingerprint density at radius 1 is 0.905 bits per heavy atom. The second-order valence-electron chi connectivity index (χ2n) is 6.77. The maximum Gasteiger partial charge on any atom is 0.163 e. The highest BCUT2D eigenvalue weighted by atomic mass is 16.7. The number of allylic oxidation sites excluding steroid dienone is 1. The van der Waals surface area contributed by atoms with Crippen molar-refractivity contribution < 1.29 is 9.47 Å². The topological polar surface area (TPSA) is 18.5 Å². The minimum atomic E-state index is -0.397. The van der Waals surface area contributed by atoms with Gasteiger partial charge in [0.05, 0.1) is 6.61 Å². The molecule has 0 aromatic heterocycles. The lowest BCUT2D eigenvalue weighted by molar-refractivity contribution is -0.133. The van der Waals surface area contributed by atoms with Crippen LogP contribution in [0.1, 0.15) is 91.4 Å². The summed E-state index contributed by atoms with van der Waals surface area (Å²) in [4.78, 5) is 0. The van der Waals surface area contributed by atoms with Gasteiger partial charge in [0.2, 0.25) is 0 Å². The second-order valence-corrected chi connectivity index (χ2v) is 6.77. The van der Waals surface area contributed by atoms with Gasteiger partial charge in [-0.2, -0.15) is 0 Å². The van der Waals surface area contributed by atoms with Crippen LogP contribution in [0.3, 0.4) is 0 Å². The highest BCUT2D eigenvalue weighted by molar-refractivity contribution is 4.92. The number of hydrogen-bond acceptors (Lipinski definition) is 2. The fourth-order valence-electron chi connectivity index (χ4n) is 2.81. The second kappa shape index (κ2) is 11.3. The molecule has 1 heterocycles. The molecule has 0 aliphatic carbocycles. The predicted octanol–water partition coefficient (Wildman–Crippen LogP) is 6.01. The van der Waals surface area contributed by atoms with E-state index in [2.05, 4.69) is 19.1 Å². The van der Waals surface area contributed by atoms with Gasteiger partial charge in [-0.15, -0.1) is 0 Å². The summed E-state index contributed by atoms with van der Waals surface area (Å²) in [7, 11) is 0. The molecule has 0 bridgehead atoms. The van der Waals surface area contributed by atoms with Gasteiger partial charge in [0.15, 0.2) is 5.79 Å². The Morgan fingerprint density at radius 2 is 1.48 bits per heavy atom. The van der Waals surface area contributed by atoms with Gasteiger partial charge in [0, 0.05) is 0 Å². The first-order valence-electron chi connectivity index (χ1n) is 9.12. The van der Waals surface area contributed by atoms with Gasteiger partial charge < -0.3 is 9.47 Å². The molecule has 1 aliphatic rings. The maximum atomic E-state index is 5.74. The van der Waals surface area contributed by atoms with Gasteiger partial charge in [-0.1, -0.05) is 76.9 Å². The largest absolute Gasteiger partial charge is 0.347 e. The molecular formula is C19H36O2. The van der Waals surface area contributed by atoms with E-state index in [4.69, 9.17) is 9.47 Å². The van der Waals surface area contributed by atoms with Gasteiger partial charge in [0.1, 0.15) is 6.10 Å². The van der Waals surface area contributed by atoms with E-state index in [1.807, 2.05) is 13.8 Å². The van der Waals surface area contributed by atoms with Crippen molar-refractivity contribution in [3.63, 3.8) is 0 Å². The van der Waals surface area contributed by atoms with Crippen LogP contribution in [0.5, 0.6) is 0 Å². The molecule has 0 saturated carbocycles. The molecule has 1 saturated heterocycles. The molecule has 0 aromatic carbocycles. The molecule has 1 aliphatic heterocycles. The van der Waals surface area contributed by atoms with Crippen LogP contribution >= 0.6 is 0 Å². The van der Waals surface area contributed by atoms with Crippen LogP contribution in [0.4, 0.5) is 0 Å². The van der Waals surface area contributed by atoms with Gasteiger partial charge in [-0.05, 0) is 26.7 Å². The van der Waals surface area contributed by atoms with Crippen molar-refractivity contribution in [2.45, 2.75) is 103 Å². The SMILES string of the molecule is CCCCCCCCCCCC/C=C/[C@H]1COC(C)(C)O1. The Hall–Kier alpha value is -0.340. The Morgan fingerprint density at radius 3 is 2.00 bits per heavy atom. The average molecular weight is 296 g/mol. The molecule has 0 N–H and O–H groups in total. The Balaban J connectivity index is 1.82. The maximum absolute atomic E-state index is 5.74. The van der Waals surface area contributed by atoms with Crippen molar-refractivity contribution in [3.05, 3.63) is 12.2 Å². The molecule has 0 radical (unpaired) electrons. The Bertz CT molecular complexity index is 271. The highest BCUT2D eigenvalue weighted by Gasteiger charge is 2.30. The lowest BCUT2D eigenvalue weighted by Gasteiger charge is -2.15. The van der Waals surface area contributed by atoms with E-state index in [0.29, 0.717) is 6.61 Å². The first kappa shape index (κ1) is 18.7. The number of rotatable bonds is 12. The minimum absolute atomic E-state index is 0.156. The zero-order valence-corrected chi connectivity index (χ0v) is 14.5. The third-order valence-electron chi connectivity index (χ3n) is 4.11. The molecular weight excluding hydrogens is 260 g/mol. The van der Waals surface area contributed by atoms with E-state index in [-0.39, 0.29) is 6.10 Å². The molecule has 1 fully saturated rings. The fourth-order valence-corrected chi connectivity index (χ4v) is 2.81. The lowest BCUT2D eigenvalue weighted by Crippen LogP contribution is -2.20. The summed E-state index contributed by atoms with van der Waals surface area (Å²) >= 11 is 0. The van der Waals surface area contributed by atoms with Crippen molar-refractivity contribution in [1.29, 1.82) is 0 Å². The minimum Gasteiger partial charge on any atom is -0.347 e. The summed E-state index contributed by atoms with van der Waals surface area (Å²) < 4.78 is 11.3. The van der Waals surface area contributed by atoms with Crippen LogP contribution < -0.4 is 0 Å². The molecule has 0 unspecified atom stereocenters. The number of hydrogen-bond donors (Lipinski definition) is 0. The van der Waals surface area contributed by atoms with Crippen LogP contribution in [0.25, 0.3) is 0 Å². The number of ether oxygens (including phenoxy) is 2. The lowest BCUT2D eigenvalue weighted by atomic mass is 10.1. The molecule has 21 heavy (non-hydrogen) atoms.